The smallest absolute Gasteiger partial charge is 0.327 e. The SMILES string of the molecule is CC[C@@H](C)[C@H](C(=O)O)N1C(=O)CSC1=S. The highest BCUT2D eigenvalue weighted by Crippen LogP contribution is 2.26. The summed E-state index contributed by atoms with van der Waals surface area (Å²) < 4.78 is 0.382. The van der Waals surface area contributed by atoms with E-state index in [-0.39, 0.29) is 17.6 Å². The zero-order valence-electron chi connectivity index (χ0n) is 8.60. The minimum Gasteiger partial charge on any atom is -0.480 e. The predicted octanol–water partition coefficient (Wildman–Crippen LogP) is 1.35. The van der Waals surface area contributed by atoms with Gasteiger partial charge in [-0.15, -0.1) is 0 Å². The average Bonchev–Trinajstić information content (AvgIpc) is 2.49. The Balaban J connectivity index is 2.93. The lowest BCUT2D eigenvalue weighted by Gasteiger charge is -2.27. The second kappa shape index (κ2) is 4.94. The summed E-state index contributed by atoms with van der Waals surface area (Å²) in [5.41, 5.74) is 0. The minimum atomic E-state index is -0.984. The van der Waals surface area contributed by atoms with Gasteiger partial charge in [0.1, 0.15) is 10.4 Å². The maximum atomic E-state index is 11.5. The number of amides is 1. The molecule has 1 saturated heterocycles. The Morgan fingerprint density at radius 2 is 2.33 bits per heavy atom. The Hall–Kier alpha value is -0.620. The van der Waals surface area contributed by atoms with E-state index in [2.05, 4.69) is 0 Å². The van der Waals surface area contributed by atoms with Gasteiger partial charge >= 0.3 is 5.97 Å². The molecule has 0 aromatic carbocycles. The second-order valence-corrected chi connectivity index (χ2v) is 5.10. The Morgan fingerprint density at radius 1 is 1.73 bits per heavy atom. The number of hydrogen-bond acceptors (Lipinski definition) is 4. The van der Waals surface area contributed by atoms with Crippen molar-refractivity contribution in [1.82, 2.24) is 4.90 Å². The lowest BCUT2D eigenvalue weighted by Crippen LogP contribution is -2.47. The molecular weight excluding hydrogens is 234 g/mol. The Morgan fingerprint density at radius 3 is 2.67 bits per heavy atom. The predicted molar refractivity (Wildman–Crippen MR) is 62.8 cm³/mol. The maximum Gasteiger partial charge on any atom is 0.327 e. The Kier molecular flexibility index (Phi) is 4.10. The summed E-state index contributed by atoms with van der Waals surface area (Å²) in [7, 11) is 0. The van der Waals surface area contributed by atoms with E-state index in [0.29, 0.717) is 10.7 Å². The van der Waals surface area contributed by atoms with Gasteiger partial charge in [0.05, 0.1) is 5.75 Å². The number of carboxylic acid groups (broad SMARTS) is 1. The first-order valence-corrected chi connectivity index (χ1v) is 6.10. The van der Waals surface area contributed by atoms with E-state index in [1.165, 1.54) is 16.7 Å². The standard InChI is InChI=1S/C9H13NO3S2/c1-3-5(2)7(8(12)13)10-6(11)4-15-9(10)14/h5,7H,3-4H2,1-2H3,(H,12,13)/t5-,7-/m1/s1. The van der Waals surface area contributed by atoms with Crippen molar-refractivity contribution in [2.75, 3.05) is 5.75 Å². The summed E-state index contributed by atoms with van der Waals surface area (Å²) >= 11 is 6.22. The van der Waals surface area contributed by atoms with Gasteiger partial charge in [0.25, 0.3) is 0 Å². The van der Waals surface area contributed by atoms with Crippen LogP contribution < -0.4 is 0 Å². The number of carboxylic acids is 1. The van der Waals surface area contributed by atoms with Crippen LogP contribution in [0.2, 0.25) is 0 Å². The third kappa shape index (κ3) is 2.49. The zero-order valence-corrected chi connectivity index (χ0v) is 10.2. The van der Waals surface area contributed by atoms with Crippen molar-refractivity contribution in [1.29, 1.82) is 0 Å². The molecule has 1 aliphatic heterocycles. The van der Waals surface area contributed by atoms with Crippen LogP contribution in [0.15, 0.2) is 0 Å². The van der Waals surface area contributed by atoms with Gasteiger partial charge in [-0.05, 0) is 5.92 Å². The van der Waals surface area contributed by atoms with Crippen LogP contribution in [-0.4, -0.2) is 38.0 Å². The van der Waals surface area contributed by atoms with E-state index in [1.807, 2.05) is 13.8 Å². The summed E-state index contributed by atoms with van der Waals surface area (Å²) in [4.78, 5) is 23.9. The highest BCUT2D eigenvalue weighted by atomic mass is 32.2. The van der Waals surface area contributed by atoms with E-state index >= 15 is 0 Å². The molecule has 84 valence electrons. The molecule has 4 nitrogen and oxygen atoms in total. The molecule has 0 aliphatic carbocycles. The maximum absolute atomic E-state index is 11.5. The van der Waals surface area contributed by atoms with E-state index in [9.17, 15) is 9.59 Å². The lowest BCUT2D eigenvalue weighted by molar-refractivity contribution is -0.147. The molecule has 0 aromatic rings. The molecule has 1 amide bonds. The number of thioether (sulfide) groups is 1. The molecule has 1 rings (SSSR count). The number of carbonyl (C=O) groups is 2. The topological polar surface area (TPSA) is 57.6 Å². The van der Waals surface area contributed by atoms with Crippen LogP contribution in [0, 0.1) is 5.92 Å². The highest BCUT2D eigenvalue weighted by molar-refractivity contribution is 8.23. The summed E-state index contributed by atoms with van der Waals surface area (Å²) in [5, 5.41) is 9.11. The van der Waals surface area contributed by atoms with E-state index in [0.717, 1.165) is 0 Å². The van der Waals surface area contributed by atoms with Gasteiger partial charge < -0.3 is 5.11 Å². The van der Waals surface area contributed by atoms with Gasteiger partial charge in [-0.3, -0.25) is 9.69 Å². The monoisotopic (exact) mass is 247 g/mol. The van der Waals surface area contributed by atoms with Crippen LogP contribution in [0.1, 0.15) is 20.3 Å². The molecule has 1 aliphatic rings. The summed E-state index contributed by atoms with van der Waals surface area (Å²) in [5.74, 6) is -1.01. The van der Waals surface area contributed by atoms with Crippen LogP contribution in [0.25, 0.3) is 0 Å². The fraction of sp³-hybridized carbons (Fsp3) is 0.667. The molecular formula is C9H13NO3S2. The van der Waals surface area contributed by atoms with Crippen molar-refractivity contribution in [2.24, 2.45) is 5.92 Å². The molecule has 0 radical (unpaired) electrons. The second-order valence-electron chi connectivity index (χ2n) is 3.49. The fourth-order valence-corrected chi connectivity index (χ4v) is 2.60. The van der Waals surface area contributed by atoms with Crippen molar-refractivity contribution >= 4 is 40.2 Å². The molecule has 1 N–H and O–H groups in total. The van der Waals surface area contributed by atoms with Crippen LogP contribution >= 0.6 is 24.0 Å². The highest BCUT2D eigenvalue weighted by Gasteiger charge is 2.39. The minimum absolute atomic E-state index is 0.0944. The molecule has 0 spiro atoms. The van der Waals surface area contributed by atoms with Crippen molar-refractivity contribution in [3.63, 3.8) is 0 Å². The fourth-order valence-electron chi connectivity index (χ4n) is 1.46. The quantitative estimate of drug-likeness (QED) is 0.760. The van der Waals surface area contributed by atoms with Crippen LogP contribution in [0.3, 0.4) is 0 Å². The van der Waals surface area contributed by atoms with Gasteiger partial charge in [-0.1, -0.05) is 44.2 Å². The normalized spacial score (nSPS) is 20.5. The molecule has 2 atom stereocenters. The third-order valence-electron chi connectivity index (χ3n) is 2.50. The average molecular weight is 247 g/mol. The van der Waals surface area contributed by atoms with Gasteiger partial charge in [0, 0.05) is 0 Å². The Bertz CT molecular complexity index is 290. The van der Waals surface area contributed by atoms with Gasteiger partial charge in [-0.2, -0.15) is 0 Å². The largest absolute Gasteiger partial charge is 0.480 e. The first-order valence-electron chi connectivity index (χ1n) is 4.70. The third-order valence-corrected chi connectivity index (χ3v) is 3.88. The molecule has 1 heterocycles. The van der Waals surface area contributed by atoms with Gasteiger partial charge in [0.15, 0.2) is 0 Å². The number of nitrogens with zero attached hydrogens (tertiary/aromatic N) is 1. The molecule has 0 bridgehead atoms. The number of aliphatic carboxylic acids is 1. The molecule has 0 unspecified atom stereocenters. The summed E-state index contributed by atoms with van der Waals surface area (Å²) in [6.07, 6.45) is 0.702. The van der Waals surface area contributed by atoms with Crippen molar-refractivity contribution in [2.45, 2.75) is 26.3 Å². The zero-order chi connectivity index (χ0) is 11.6. The Labute approximate surface area is 98.0 Å². The molecule has 1 fully saturated rings. The van der Waals surface area contributed by atoms with Crippen molar-refractivity contribution in [3.8, 4) is 0 Å². The van der Waals surface area contributed by atoms with Crippen LogP contribution in [0.4, 0.5) is 0 Å². The molecule has 15 heavy (non-hydrogen) atoms. The lowest BCUT2D eigenvalue weighted by atomic mass is 9.98. The molecule has 0 aromatic heterocycles. The number of thiocarbonyl (C=S) groups is 1. The van der Waals surface area contributed by atoms with E-state index in [1.54, 1.807) is 0 Å². The van der Waals surface area contributed by atoms with Gasteiger partial charge in [-0.25, -0.2) is 4.79 Å². The summed E-state index contributed by atoms with van der Waals surface area (Å²) in [6, 6.07) is -0.815. The summed E-state index contributed by atoms with van der Waals surface area (Å²) in [6.45, 7) is 3.72. The van der Waals surface area contributed by atoms with Crippen molar-refractivity contribution in [3.05, 3.63) is 0 Å². The van der Waals surface area contributed by atoms with Gasteiger partial charge in [0.2, 0.25) is 5.91 Å². The van der Waals surface area contributed by atoms with Crippen molar-refractivity contribution < 1.29 is 14.7 Å². The van der Waals surface area contributed by atoms with Crippen LogP contribution in [-0.2, 0) is 9.59 Å². The van der Waals surface area contributed by atoms with E-state index in [4.69, 9.17) is 17.3 Å². The van der Waals surface area contributed by atoms with E-state index < -0.39 is 12.0 Å². The first kappa shape index (κ1) is 12.4. The number of rotatable bonds is 4. The molecule has 0 saturated carbocycles. The number of carbonyl (C=O) groups excluding carboxylic acids is 1. The van der Waals surface area contributed by atoms with Crippen LogP contribution in [0.5, 0.6) is 0 Å². The number of hydrogen-bond donors (Lipinski definition) is 1. The first-order chi connectivity index (χ1) is 6.99. The molecule has 6 heteroatoms.